The Labute approximate surface area is 274 Å². The summed E-state index contributed by atoms with van der Waals surface area (Å²) in [6.45, 7) is 1.76. The second-order valence-corrected chi connectivity index (χ2v) is 13.0. The van der Waals surface area contributed by atoms with Crippen molar-refractivity contribution in [2.45, 2.75) is 43.7 Å². The molecule has 0 saturated carbocycles. The van der Waals surface area contributed by atoms with E-state index in [1.165, 1.54) is 48.4 Å². The maximum absolute atomic E-state index is 14.4. The molecule has 0 spiro atoms. The minimum Gasteiger partial charge on any atom is -0.497 e. The Morgan fingerprint density at radius 1 is 0.913 bits per heavy atom. The van der Waals surface area contributed by atoms with E-state index in [9.17, 15) is 22.4 Å². The lowest BCUT2D eigenvalue weighted by Gasteiger charge is -2.34. The number of carbonyl (C=O) groups is 2. The van der Waals surface area contributed by atoms with Crippen molar-refractivity contribution in [3.8, 4) is 5.75 Å². The summed E-state index contributed by atoms with van der Waals surface area (Å²) in [4.78, 5) is 29.5. The molecule has 0 unspecified atom stereocenters. The number of benzene rings is 4. The summed E-state index contributed by atoms with van der Waals surface area (Å²) in [5.41, 5.74) is 1.56. The minimum atomic E-state index is -4.34. The number of ether oxygens (including phenoxy) is 1. The molecular weight excluding hydrogens is 629 g/mol. The van der Waals surface area contributed by atoms with E-state index in [1.54, 1.807) is 24.3 Å². The van der Waals surface area contributed by atoms with Crippen LogP contribution in [0.5, 0.6) is 5.75 Å². The molecule has 4 rings (SSSR count). The fourth-order valence-electron chi connectivity index (χ4n) is 4.90. The van der Waals surface area contributed by atoms with Crippen LogP contribution in [0.4, 0.5) is 10.1 Å². The highest BCUT2D eigenvalue weighted by Crippen LogP contribution is 2.27. The van der Waals surface area contributed by atoms with Crippen LogP contribution in [0.3, 0.4) is 0 Å². The molecule has 0 bridgehead atoms. The van der Waals surface area contributed by atoms with Crippen molar-refractivity contribution in [3.05, 3.63) is 125 Å². The molecule has 2 amide bonds. The van der Waals surface area contributed by atoms with Gasteiger partial charge in [0, 0.05) is 24.5 Å². The number of nitrogens with zero attached hydrogens (tertiary/aromatic N) is 2. The molecule has 0 radical (unpaired) electrons. The van der Waals surface area contributed by atoms with Gasteiger partial charge in [0.1, 0.15) is 24.2 Å². The Kier molecular flexibility index (Phi) is 12.2. The molecule has 0 aromatic heterocycles. The SMILES string of the molecule is CCCCNC(=O)[C@H](Cc1ccccc1)N(Cc1cccc(Cl)c1)C(=O)CN(c1ccc(F)cc1)S(=O)(=O)c1ccc(OC)cc1. The summed E-state index contributed by atoms with van der Waals surface area (Å²) >= 11 is 6.28. The molecule has 4 aromatic carbocycles. The van der Waals surface area contributed by atoms with Crippen molar-refractivity contribution >= 4 is 39.1 Å². The highest BCUT2D eigenvalue weighted by molar-refractivity contribution is 7.92. The number of halogens is 2. The van der Waals surface area contributed by atoms with Gasteiger partial charge in [-0.25, -0.2) is 12.8 Å². The molecule has 0 saturated heterocycles. The van der Waals surface area contributed by atoms with Crippen molar-refractivity contribution in [3.63, 3.8) is 0 Å². The van der Waals surface area contributed by atoms with E-state index in [0.29, 0.717) is 22.9 Å². The van der Waals surface area contributed by atoms with Crippen LogP contribution in [0, 0.1) is 5.82 Å². The molecule has 0 aliphatic rings. The third-order valence-corrected chi connectivity index (χ3v) is 9.41. The van der Waals surface area contributed by atoms with E-state index in [4.69, 9.17) is 16.3 Å². The van der Waals surface area contributed by atoms with Crippen molar-refractivity contribution in [2.75, 3.05) is 24.5 Å². The van der Waals surface area contributed by atoms with Gasteiger partial charge in [0.05, 0.1) is 17.7 Å². The Bertz CT molecular complexity index is 1700. The Morgan fingerprint density at radius 3 is 2.22 bits per heavy atom. The Balaban J connectivity index is 1.78. The zero-order chi connectivity index (χ0) is 33.1. The van der Waals surface area contributed by atoms with Crippen LogP contribution in [0.15, 0.2) is 108 Å². The smallest absolute Gasteiger partial charge is 0.264 e. The van der Waals surface area contributed by atoms with Crippen molar-refractivity contribution in [1.29, 1.82) is 0 Å². The second-order valence-electron chi connectivity index (χ2n) is 10.7. The van der Waals surface area contributed by atoms with E-state index >= 15 is 0 Å². The van der Waals surface area contributed by atoms with Crippen LogP contribution < -0.4 is 14.4 Å². The lowest BCUT2D eigenvalue weighted by atomic mass is 10.0. The number of hydrogen-bond acceptors (Lipinski definition) is 5. The summed E-state index contributed by atoms with van der Waals surface area (Å²) in [5, 5.41) is 3.40. The first-order valence-corrected chi connectivity index (χ1v) is 16.7. The molecular formula is C35H37ClFN3O5S. The highest BCUT2D eigenvalue weighted by atomic mass is 35.5. The average Bonchev–Trinajstić information content (AvgIpc) is 3.06. The van der Waals surface area contributed by atoms with Crippen LogP contribution in [0.1, 0.15) is 30.9 Å². The standard InChI is InChI=1S/C35H37ClFN3O5S/c1-3-4-21-38-35(42)33(23-26-9-6-5-7-10-26)39(24-27-11-8-12-28(36)22-27)34(41)25-40(30-15-13-29(37)14-16-30)46(43,44)32-19-17-31(45-2)18-20-32/h5-20,22,33H,3-4,21,23-25H2,1-2H3,(H,38,42)/t33-/m0/s1. The maximum atomic E-state index is 14.4. The van der Waals surface area contributed by atoms with Gasteiger partial charge in [-0.2, -0.15) is 0 Å². The first kappa shape index (κ1) is 34.5. The third-order valence-electron chi connectivity index (χ3n) is 7.38. The summed E-state index contributed by atoms with van der Waals surface area (Å²) in [5.74, 6) is -1.10. The molecule has 4 aromatic rings. The second kappa shape index (κ2) is 16.2. The number of hydrogen-bond donors (Lipinski definition) is 1. The third kappa shape index (κ3) is 9.08. The van der Waals surface area contributed by atoms with Gasteiger partial charge in [-0.15, -0.1) is 0 Å². The number of unbranched alkanes of at least 4 members (excludes halogenated alkanes) is 1. The van der Waals surface area contributed by atoms with Crippen LogP contribution in [0.25, 0.3) is 0 Å². The van der Waals surface area contributed by atoms with E-state index in [2.05, 4.69) is 5.32 Å². The van der Waals surface area contributed by atoms with Crippen LogP contribution in [0.2, 0.25) is 5.02 Å². The van der Waals surface area contributed by atoms with Gasteiger partial charge in [-0.1, -0.05) is 67.4 Å². The molecule has 0 aliphatic carbocycles. The topological polar surface area (TPSA) is 96.0 Å². The number of anilines is 1. The monoisotopic (exact) mass is 665 g/mol. The molecule has 11 heteroatoms. The normalized spacial score (nSPS) is 11.8. The molecule has 0 fully saturated rings. The Morgan fingerprint density at radius 2 is 1.59 bits per heavy atom. The van der Waals surface area contributed by atoms with E-state index < -0.39 is 34.3 Å². The number of amides is 2. The number of rotatable bonds is 15. The first-order chi connectivity index (χ1) is 22.1. The van der Waals surface area contributed by atoms with Gasteiger partial charge < -0.3 is 15.0 Å². The summed E-state index contributed by atoms with van der Waals surface area (Å²) in [6.07, 6.45) is 1.81. The predicted octanol–water partition coefficient (Wildman–Crippen LogP) is 6.24. The van der Waals surface area contributed by atoms with Crippen LogP contribution in [-0.2, 0) is 32.6 Å². The maximum Gasteiger partial charge on any atom is 0.264 e. The summed E-state index contributed by atoms with van der Waals surface area (Å²) in [6, 6.07) is 25.8. The van der Waals surface area contributed by atoms with Crippen molar-refractivity contribution < 1.29 is 27.1 Å². The average molecular weight is 666 g/mol. The van der Waals surface area contributed by atoms with E-state index in [-0.39, 0.29) is 29.5 Å². The minimum absolute atomic E-state index is 0.0159. The highest BCUT2D eigenvalue weighted by Gasteiger charge is 2.34. The first-order valence-electron chi connectivity index (χ1n) is 14.9. The molecule has 242 valence electrons. The van der Waals surface area contributed by atoms with Gasteiger partial charge in [-0.3, -0.25) is 13.9 Å². The number of methoxy groups -OCH3 is 1. The lowest BCUT2D eigenvalue weighted by molar-refractivity contribution is -0.140. The molecule has 1 N–H and O–H groups in total. The zero-order valence-electron chi connectivity index (χ0n) is 25.7. The molecule has 0 aliphatic heterocycles. The van der Waals surface area contributed by atoms with Crippen molar-refractivity contribution in [1.82, 2.24) is 10.2 Å². The molecule has 1 atom stereocenters. The molecule has 0 heterocycles. The van der Waals surface area contributed by atoms with Crippen LogP contribution >= 0.6 is 11.6 Å². The summed E-state index contributed by atoms with van der Waals surface area (Å²) < 4.78 is 48.2. The van der Waals surface area contributed by atoms with E-state index in [1.807, 2.05) is 37.3 Å². The summed E-state index contributed by atoms with van der Waals surface area (Å²) in [7, 11) is -2.87. The van der Waals surface area contributed by atoms with Gasteiger partial charge in [0.2, 0.25) is 11.8 Å². The fourth-order valence-corrected chi connectivity index (χ4v) is 6.53. The number of sulfonamides is 1. The van der Waals surface area contributed by atoms with Gasteiger partial charge in [-0.05, 0) is 78.2 Å². The Hall–Kier alpha value is -4.41. The van der Waals surface area contributed by atoms with Crippen LogP contribution in [-0.4, -0.2) is 51.4 Å². The van der Waals surface area contributed by atoms with Gasteiger partial charge in [0.15, 0.2) is 0 Å². The quantitative estimate of drug-likeness (QED) is 0.152. The fraction of sp³-hybridized carbons (Fsp3) is 0.257. The van der Waals surface area contributed by atoms with E-state index in [0.717, 1.165) is 34.8 Å². The van der Waals surface area contributed by atoms with Gasteiger partial charge in [0.25, 0.3) is 10.0 Å². The van der Waals surface area contributed by atoms with Crippen molar-refractivity contribution in [2.24, 2.45) is 0 Å². The number of nitrogens with one attached hydrogen (secondary N) is 1. The zero-order valence-corrected chi connectivity index (χ0v) is 27.3. The number of carbonyl (C=O) groups excluding carboxylic acids is 2. The lowest BCUT2D eigenvalue weighted by Crippen LogP contribution is -2.53. The van der Waals surface area contributed by atoms with Gasteiger partial charge >= 0.3 is 0 Å². The predicted molar refractivity (Wildman–Crippen MR) is 178 cm³/mol. The largest absolute Gasteiger partial charge is 0.497 e. The molecule has 8 nitrogen and oxygen atoms in total. The molecule has 46 heavy (non-hydrogen) atoms.